The van der Waals surface area contributed by atoms with Crippen molar-refractivity contribution in [1.29, 1.82) is 0 Å². The van der Waals surface area contributed by atoms with Crippen molar-refractivity contribution in [3.05, 3.63) is 35.4 Å². The summed E-state index contributed by atoms with van der Waals surface area (Å²) in [5.41, 5.74) is 0.0121. The second-order valence-electron chi connectivity index (χ2n) is 6.04. The van der Waals surface area contributed by atoms with E-state index in [0.717, 1.165) is 23.5 Å². The number of nitrogens with one attached hydrogen (secondary N) is 2. The van der Waals surface area contributed by atoms with Crippen molar-refractivity contribution < 1.29 is 27.7 Å². The Bertz CT molecular complexity index is 602. The van der Waals surface area contributed by atoms with Gasteiger partial charge in [-0.1, -0.05) is 25.5 Å². The van der Waals surface area contributed by atoms with Gasteiger partial charge in [0.2, 0.25) is 0 Å². The van der Waals surface area contributed by atoms with Gasteiger partial charge in [0.05, 0.1) is 12.6 Å². The maximum atomic E-state index is 12.5. The molecular weight excluding hydrogens is 323 g/mol. The van der Waals surface area contributed by atoms with Gasteiger partial charge in [0, 0.05) is 5.56 Å². The Morgan fingerprint density at radius 2 is 1.83 bits per heavy atom. The topological polar surface area (TPSA) is 53.9 Å². The quantitative estimate of drug-likeness (QED) is 0.767. The van der Waals surface area contributed by atoms with E-state index < -0.39 is 23.8 Å². The molecule has 0 bridgehead atoms. The molecule has 8 heteroatoms. The molecule has 1 heterocycles. The summed E-state index contributed by atoms with van der Waals surface area (Å²) in [7, 11) is 1.78. The second kappa shape index (κ2) is 7.21. The lowest BCUT2D eigenvalue weighted by Gasteiger charge is -2.19. The molecule has 5 nitrogen and oxygen atoms in total. The Kier molecular flexibility index (Phi) is 5.48. The summed E-state index contributed by atoms with van der Waals surface area (Å²) in [6.45, 7) is 2.52. The fraction of sp³-hybridized carbons (Fsp3) is 0.500. The lowest BCUT2D eigenvalue weighted by atomic mass is 10.1. The van der Waals surface area contributed by atoms with Crippen molar-refractivity contribution in [3.8, 4) is 0 Å². The third kappa shape index (κ3) is 4.25. The summed E-state index contributed by atoms with van der Waals surface area (Å²) in [6.07, 6.45) is -2.97. The number of urea groups is 1. The van der Waals surface area contributed by atoms with Gasteiger partial charge in [-0.25, -0.2) is 9.69 Å². The second-order valence-corrected chi connectivity index (χ2v) is 6.04. The number of carbonyl (C=O) groups is 2. The van der Waals surface area contributed by atoms with Crippen LogP contribution in [0.25, 0.3) is 0 Å². The molecule has 1 fully saturated rings. The van der Waals surface area contributed by atoms with Crippen LogP contribution in [-0.2, 0) is 17.5 Å². The molecule has 3 amide bonds. The maximum absolute atomic E-state index is 12.5. The Balaban J connectivity index is 1.94. The standard InChI is InChI=1S/C16H20F3N3O2/c1-3-4-13-14(23)22(15(24)20-13)10-21(2)9-11-5-7-12(8-6-11)16(17,18)19/h5-8,13H,3-4,9-10H2,1-2H3,(H,20,24)/p+1/t13-/m1/s1. The number of halogens is 3. The van der Waals surface area contributed by atoms with E-state index in [9.17, 15) is 22.8 Å². The van der Waals surface area contributed by atoms with Crippen LogP contribution in [0.4, 0.5) is 18.0 Å². The largest absolute Gasteiger partial charge is 0.416 e. The van der Waals surface area contributed by atoms with Crippen molar-refractivity contribution in [2.45, 2.75) is 38.5 Å². The molecule has 2 rings (SSSR count). The Morgan fingerprint density at radius 1 is 1.21 bits per heavy atom. The van der Waals surface area contributed by atoms with Gasteiger partial charge in [-0.15, -0.1) is 0 Å². The average Bonchev–Trinajstić information content (AvgIpc) is 2.75. The first-order valence-electron chi connectivity index (χ1n) is 7.81. The van der Waals surface area contributed by atoms with Crippen molar-refractivity contribution in [2.75, 3.05) is 13.7 Å². The SMILES string of the molecule is CCC[C@H]1NC(=O)N(C[NH+](C)Cc2ccc(C(F)(F)F)cc2)C1=O. The zero-order valence-corrected chi connectivity index (χ0v) is 13.6. The van der Waals surface area contributed by atoms with E-state index in [0.29, 0.717) is 18.5 Å². The molecule has 0 radical (unpaired) electrons. The van der Waals surface area contributed by atoms with Crippen molar-refractivity contribution in [1.82, 2.24) is 10.2 Å². The molecule has 1 aromatic rings. The average molecular weight is 344 g/mol. The van der Waals surface area contributed by atoms with Gasteiger partial charge in [-0.05, 0) is 18.6 Å². The summed E-state index contributed by atoms with van der Waals surface area (Å²) in [5, 5.41) is 2.65. The van der Waals surface area contributed by atoms with Crippen LogP contribution in [0.2, 0.25) is 0 Å². The van der Waals surface area contributed by atoms with Crippen LogP contribution >= 0.6 is 0 Å². The highest BCUT2D eigenvalue weighted by molar-refractivity contribution is 6.03. The van der Waals surface area contributed by atoms with Gasteiger partial charge in [0.25, 0.3) is 5.91 Å². The number of imide groups is 1. The number of hydrogen-bond donors (Lipinski definition) is 2. The minimum Gasteiger partial charge on any atom is -0.326 e. The number of alkyl halides is 3. The molecular formula is C16H21F3N3O2+. The predicted molar refractivity (Wildman–Crippen MR) is 81.0 cm³/mol. The normalized spacial score (nSPS) is 19.5. The molecule has 1 aliphatic heterocycles. The Hall–Kier alpha value is -2.09. The molecule has 1 unspecified atom stereocenters. The third-order valence-corrected chi connectivity index (χ3v) is 3.90. The number of carbonyl (C=O) groups excluding carboxylic acids is 2. The molecule has 2 atom stereocenters. The van der Waals surface area contributed by atoms with Crippen molar-refractivity contribution >= 4 is 11.9 Å². The van der Waals surface area contributed by atoms with Crippen LogP contribution < -0.4 is 10.2 Å². The number of hydrogen-bond acceptors (Lipinski definition) is 2. The summed E-state index contributed by atoms with van der Waals surface area (Å²) < 4.78 is 37.6. The van der Waals surface area contributed by atoms with E-state index >= 15 is 0 Å². The van der Waals surface area contributed by atoms with Gasteiger partial charge in [-0.2, -0.15) is 13.2 Å². The highest BCUT2D eigenvalue weighted by Gasteiger charge is 2.38. The van der Waals surface area contributed by atoms with Crippen LogP contribution in [0.3, 0.4) is 0 Å². The smallest absolute Gasteiger partial charge is 0.326 e. The summed E-state index contributed by atoms with van der Waals surface area (Å²) in [4.78, 5) is 26.0. The van der Waals surface area contributed by atoms with E-state index in [1.807, 2.05) is 6.92 Å². The molecule has 2 N–H and O–H groups in total. The van der Waals surface area contributed by atoms with E-state index in [1.165, 1.54) is 17.0 Å². The van der Waals surface area contributed by atoms with Gasteiger partial charge < -0.3 is 10.2 Å². The predicted octanol–water partition coefficient (Wildman–Crippen LogP) is 1.40. The molecule has 0 spiro atoms. The number of rotatable bonds is 6. The van der Waals surface area contributed by atoms with Crippen molar-refractivity contribution in [3.63, 3.8) is 0 Å². The summed E-state index contributed by atoms with van der Waals surface area (Å²) >= 11 is 0. The van der Waals surface area contributed by atoms with Gasteiger partial charge in [-0.3, -0.25) is 4.79 Å². The summed E-state index contributed by atoms with van der Waals surface area (Å²) in [6, 6.07) is 4.02. The Morgan fingerprint density at radius 3 is 2.38 bits per heavy atom. The van der Waals surface area contributed by atoms with Crippen LogP contribution in [-0.4, -0.2) is 36.6 Å². The van der Waals surface area contributed by atoms with E-state index in [1.54, 1.807) is 7.05 Å². The molecule has 0 aliphatic carbocycles. The van der Waals surface area contributed by atoms with Crippen molar-refractivity contribution in [2.24, 2.45) is 0 Å². The zero-order chi connectivity index (χ0) is 17.9. The Labute approximate surface area is 138 Å². The molecule has 1 aliphatic rings. The first-order valence-corrected chi connectivity index (χ1v) is 7.81. The first-order chi connectivity index (χ1) is 11.2. The van der Waals surface area contributed by atoms with Gasteiger partial charge in [0.15, 0.2) is 6.67 Å². The van der Waals surface area contributed by atoms with Gasteiger partial charge in [0.1, 0.15) is 12.6 Å². The fourth-order valence-electron chi connectivity index (χ4n) is 2.70. The minimum absolute atomic E-state index is 0.173. The molecule has 0 aromatic heterocycles. The van der Waals surface area contributed by atoms with Crippen LogP contribution in [0.15, 0.2) is 24.3 Å². The first kappa shape index (κ1) is 18.3. The van der Waals surface area contributed by atoms with E-state index in [2.05, 4.69) is 5.32 Å². The van der Waals surface area contributed by atoms with Crippen LogP contribution in [0.1, 0.15) is 30.9 Å². The fourth-order valence-corrected chi connectivity index (χ4v) is 2.70. The molecule has 1 saturated heterocycles. The van der Waals surface area contributed by atoms with Crippen LogP contribution in [0.5, 0.6) is 0 Å². The van der Waals surface area contributed by atoms with Crippen LogP contribution in [0, 0.1) is 0 Å². The maximum Gasteiger partial charge on any atom is 0.416 e. The zero-order valence-electron chi connectivity index (χ0n) is 13.6. The molecule has 1 aromatic carbocycles. The third-order valence-electron chi connectivity index (χ3n) is 3.90. The van der Waals surface area contributed by atoms with E-state index in [4.69, 9.17) is 0 Å². The number of amides is 3. The number of quaternary nitrogens is 1. The highest BCUT2D eigenvalue weighted by atomic mass is 19.4. The summed E-state index contributed by atoms with van der Waals surface area (Å²) in [5.74, 6) is -0.242. The highest BCUT2D eigenvalue weighted by Crippen LogP contribution is 2.28. The lowest BCUT2D eigenvalue weighted by molar-refractivity contribution is -0.901. The lowest BCUT2D eigenvalue weighted by Crippen LogP contribution is -3.09. The van der Waals surface area contributed by atoms with E-state index in [-0.39, 0.29) is 12.6 Å². The number of nitrogens with zero attached hydrogens (tertiary/aromatic N) is 1. The van der Waals surface area contributed by atoms with Gasteiger partial charge >= 0.3 is 12.2 Å². The molecule has 132 valence electrons. The monoisotopic (exact) mass is 344 g/mol. The molecule has 24 heavy (non-hydrogen) atoms. The molecule has 0 saturated carbocycles. The number of benzene rings is 1. The minimum atomic E-state index is -4.36.